The summed E-state index contributed by atoms with van der Waals surface area (Å²) >= 11 is 1.11. The van der Waals surface area contributed by atoms with E-state index in [-0.39, 0.29) is 23.9 Å². The van der Waals surface area contributed by atoms with E-state index in [1.165, 1.54) is 22.8 Å². The molecule has 3 rings (SSSR count). The van der Waals surface area contributed by atoms with E-state index in [0.29, 0.717) is 32.8 Å². The van der Waals surface area contributed by atoms with Gasteiger partial charge in [-0.1, -0.05) is 27.7 Å². The molecule has 10 heteroatoms. The molecule has 0 spiro atoms. The molecule has 0 aliphatic carbocycles. The molecule has 2 aromatic heterocycles. The van der Waals surface area contributed by atoms with Crippen LogP contribution in [0.3, 0.4) is 0 Å². The molecule has 0 atom stereocenters. The maximum absolute atomic E-state index is 13.1. The highest BCUT2D eigenvalue weighted by Gasteiger charge is 2.20. The molecule has 1 amide bonds. The van der Waals surface area contributed by atoms with Crippen LogP contribution in [-0.4, -0.2) is 27.7 Å². The number of amides is 1. The van der Waals surface area contributed by atoms with E-state index >= 15 is 0 Å². The fraction of sp³-hybridized carbons (Fsp3) is 0.320. The summed E-state index contributed by atoms with van der Waals surface area (Å²) in [4.78, 5) is 48.4. The van der Waals surface area contributed by atoms with E-state index in [9.17, 15) is 24.5 Å². The van der Waals surface area contributed by atoms with Gasteiger partial charge in [0.05, 0.1) is 9.46 Å². The number of rotatable bonds is 8. The second-order valence-corrected chi connectivity index (χ2v) is 10.0. The zero-order valence-electron chi connectivity index (χ0n) is 20.0. The van der Waals surface area contributed by atoms with Gasteiger partial charge in [0.15, 0.2) is 5.78 Å². The van der Waals surface area contributed by atoms with Gasteiger partial charge in [-0.05, 0) is 30.7 Å². The summed E-state index contributed by atoms with van der Waals surface area (Å²) in [5.41, 5.74) is -0.415. The number of aromatic nitrogens is 1. The zero-order chi connectivity index (χ0) is 25.8. The average molecular weight is 498 g/mol. The normalized spacial score (nSPS) is 12.7. The monoisotopic (exact) mass is 497 g/mol. The molecule has 0 fully saturated rings. The van der Waals surface area contributed by atoms with Gasteiger partial charge in [-0.15, -0.1) is 11.3 Å². The highest BCUT2D eigenvalue weighted by atomic mass is 32.1. The van der Waals surface area contributed by atoms with Crippen LogP contribution in [-0.2, 0) is 16.1 Å². The highest BCUT2D eigenvalue weighted by molar-refractivity contribution is 7.07. The third-order valence-electron chi connectivity index (χ3n) is 5.07. The Balaban J connectivity index is 2.02. The van der Waals surface area contributed by atoms with Crippen molar-refractivity contribution in [2.75, 3.05) is 6.54 Å². The molecule has 2 heterocycles. The predicted octanol–water partition coefficient (Wildman–Crippen LogP) is 2.83. The van der Waals surface area contributed by atoms with Crippen molar-refractivity contribution in [3.05, 3.63) is 71.8 Å². The van der Waals surface area contributed by atoms with E-state index < -0.39 is 15.9 Å². The van der Waals surface area contributed by atoms with Crippen molar-refractivity contribution in [2.24, 2.45) is 5.41 Å². The van der Waals surface area contributed by atoms with Crippen LogP contribution in [0, 0.1) is 15.5 Å². The van der Waals surface area contributed by atoms with Crippen molar-refractivity contribution in [3.8, 4) is 11.3 Å². The number of nitro benzene ring substituents is 1. The number of nitrogens with one attached hydrogen (secondary N) is 1. The number of thiazole rings is 1. The largest absolute Gasteiger partial charge is 0.457 e. The molecule has 0 aliphatic heterocycles. The second-order valence-electron chi connectivity index (χ2n) is 8.95. The third-order valence-corrected chi connectivity index (χ3v) is 6.13. The number of benzene rings is 1. The lowest BCUT2D eigenvalue weighted by atomic mass is 9.91. The maximum atomic E-state index is 13.1. The third kappa shape index (κ3) is 6.42. The number of Topliss-reactive ketones (excluding diaryl/α,β-unsaturated/α-hetero) is 1. The summed E-state index contributed by atoms with van der Waals surface area (Å²) in [5.74, 6) is 0.408. The Morgan fingerprint density at radius 2 is 1.86 bits per heavy atom. The number of carbonyl (C=O) groups excluding carboxylic acids is 2. The van der Waals surface area contributed by atoms with Crippen LogP contribution in [0.25, 0.3) is 23.5 Å². The first-order chi connectivity index (χ1) is 16.5. The predicted molar refractivity (Wildman–Crippen MR) is 134 cm³/mol. The number of carbonyl (C=O) groups is 2. The molecular formula is C25H27N3O6S. The first-order valence-corrected chi connectivity index (χ1v) is 11.9. The Kier molecular flexibility index (Phi) is 7.85. The van der Waals surface area contributed by atoms with E-state index in [1.54, 1.807) is 51.1 Å². The van der Waals surface area contributed by atoms with Crippen LogP contribution in [0.4, 0.5) is 5.69 Å². The van der Waals surface area contributed by atoms with Crippen molar-refractivity contribution in [3.63, 3.8) is 0 Å². The minimum atomic E-state index is -0.639. The van der Waals surface area contributed by atoms with E-state index in [2.05, 4.69) is 5.32 Å². The molecule has 0 saturated heterocycles. The van der Waals surface area contributed by atoms with E-state index in [1.807, 2.05) is 6.92 Å². The number of ketones is 1. The number of furan rings is 1. The smallest absolute Gasteiger partial charge is 0.269 e. The van der Waals surface area contributed by atoms with Crippen LogP contribution in [0.1, 0.15) is 39.9 Å². The molecule has 1 aromatic carbocycles. The van der Waals surface area contributed by atoms with Crippen LogP contribution in [0.5, 0.6) is 0 Å². The molecule has 0 bridgehead atoms. The summed E-state index contributed by atoms with van der Waals surface area (Å²) in [5, 5.41) is 13.6. The van der Waals surface area contributed by atoms with Gasteiger partial charge >= 0.3 is 0 Å². The lowest BCUT2D eigenvalue weighted by Gasteiger charge is -2.12. The number of non-ortho nitro benzene ring substituents is 1. The van der Waals surface area contributed by atoms with Gasteiger partial charge in [-0.25, -0.2) is 0 Å². The molecule has 0 unspecified atom stereocenters. The Labute approximate surface area is 205 Å². The van der Waals surface area contributed by atoms with Gasteiger partial charge in [0, 0.05) is 41.8 Å². The second kappa shape index (κ2) is 10.6. The van der Waals surface area contributed by atoms with Gasteiger partial charge in [0.25, 0.3) is 11.2 Å². The van der Waals surface area contributed by atoms with Gasteiger partial charge in [-0.2, -0.15) is 0 Å². The Bertz CT molecular complexity index is 1420. The molecule has 1 N–H and O–H groups in total. The quantitative estimate of drug-likeness (QED) is 0.377. The Hall–Kier alpha value is -3.79. The van der Waals surface area contributed by atoms with E-state index in [4.69, 9.17) is 4.42 Å². The van der Waals surface area contributed by atoms with Gasteiger partial charge in [0.1, 0.15) is 22.7 Å². The van der Waals surface area contributed by atoms with Crippen LogP contribution in [0.2, 0.25) is 0 Å². The van der Waals surface area contributed by atoms with Gasteiger partial charge in [0.2, 0.25) is 5.91 Å². The molecule has 9 nitrogen and oxygen atoms in total. The summed E-state index contributed by atoms with van der Waals surface area (Å²) in [6, 6.07) is 9.32. The first-order valence-electron chi connectivity index (χ1n) is 11.1. The van der Waals surface area contributed by atoms with Crippen molar-refractivity contribution in [1.82, 2.24) is 9.88 Å². The topological polar surface area (TPSA) is 124 Å². The van der Waals surface area contributed by atoms with Crippen LogP contribution in [0.15, 0.2) is 45.6 Å². The number of nitrogens with zero attached hydrogens (tertiary/aromatic N) is 2. The number of nitro groups is 1. The summed E-state index contributed by atoms with van der Waals surface area (Å²) in [6.07, 6.45) is 3.72. The molecule has 0 aliphatic rings. The minimum absolute atomic E-state index is 0.0252. The first kappa shape index (κ1) is 25.8. The van der Waals surface area contributed by atoms with E-state index in [0.717, 1.165) is 17.8 Å². The molecule has 35 heavy (non-hydrogen) atoms. The maximum Gasteiger partial charge on any atom is 0.269 e. The van der Waals surface area contributed by atoms with Crippen LogP contribution >= 0.6 is 11.3 Å². The highest BCUT2D eigenvalue weighted by Crippen LogP contribution is 2.24. The van der Waals surface area contributed by atoms with Gasteiger partial charge in [-0.3, -0.25) is 29.1 Å². The summed E-state index contributed by atoms with van der Waals surface area (Å²) < 4.78 is 7.82. The number of hydrogen-bond donors (Lipinski definition) is 1. The molecule has 184 valence electrons. The standard InChI is InChI=1S/C25H27N3O6S/c1-5-12-26-22(30)15-27-23(14-21(29)25(2,3)4)35-20(24(27)31)13-18-10-11-19(34-18)16-6-8-17(9-7-16)28(32)33/h6-11,13-14H,5,12,15H2,1-4H3,(H,26,30)/b20-13+,23-14+. The SMILES string of the molecule is CCCNC(=O)Cn1c(=O)/c(=C\c2ccc(-c3ccc([N+](=O)[O-])cc3)o2)s/c1=C/C(=O)C(C)(C)C. The zero-order valence-corrected chi connectivity index (χ0v) is 20.8. The van der Waals surface area contributed by atoms with Crippen molar-refractivity contribution < 1.29 is 18.9 Å². The summed E-state index contributed by atoms with van der Waals surface area (Å²) in [7, 11) is 0. The molecule has 0 saturated carbocycles. The molecular weight excluding hydrogens is 470 g/mol. The fourth-order valence-corrected chi connectivity index (χ4v) is 4.07. The minimum Gasteiger partial charge on any atom is -0.457 e. The van der Waals surface area contributed by atoms with Crippen molar-refractivity contribution in [1.29, 1.82) is 0 Å². The number of hydrogen-bond acceptors (Lipinski definition) is 7. The van der Waals surface area contributed by atoms with Crippen molar-refractivity contribution >= 4 is 40.9 Å². The average Bonchev–Trinajstić information content (AvgIpc) is 3.38. The van der Waals surface area contributed by atoms with Crippen molar-refractivity contribution in [2.45, 2.75) is 40.7 Å². The lowest BCUT2D eigenvalue weighted by molar-refractivity contribution is -0.384. The Morgan fingerprint density at radius 1 is 1.17 bits per heavy atom. The van der Waals surface area contributed by atoms with Gasteiger partial charge < -0.3 is 9.73 Å². The lowest BCUT2D eigenvalue weighted by Crippen LogP contribution is -2.38. The Morgan fingerprint density at radius 3 is 2.46 bits per heavy atom. The molecule has 0 radical (unpaired) electrons. The fourth-order valence-electron chi connectivity index (χ4n) is 3.05. The molecule has 3 aromatic rings. The van der Waals surface area contributed by atoms with Crippen LogP contribution < -0.4 is 20.1 Å². The summed E-state index contributed by atoms with van der Waals surface area (Å²) in [6.45, 7) is 7.58.